The zero-order valence-electron chi connectivity index (χ0n) is 53.6. The van der Waals surface area contributed by atoms with Crippen LogP contribution in [0.5, 0.6) is 0 Å². The number of carbonyl (C=O) groups is 2. The van der Waals surface area contributed by atoms with E-state index < -0.39 is 12.1 Å². The summed E-state index contributed by atoms with van der Waals surface area (Å²) in [4.78, 5) is 24.5. The molecule has 1 amide bonds. The monoisotopic (exact) mass is 1110 g/mol. The van der Waals surface area contributed by atoms with Gasteiger partial charge in [0.15, 0.2) is 0 Å². The molecule has 0 radical (unpaired) electrons. The van der Waals surface area contributed by atoms with Gasteiger partial charge in [0.2, 0.25) is 5.91 Å². The van der Waals surface area contributed by atoms with E-state index in [1.165, 1.54) is 327 Å². The average Bonchev–Trinajstić information content (AvgIpc) is 3.45. The normalized spacial score (nSPS) is 12.6. The maximum Gasteiger partial charge on any atom is 0.305 e. The number of ether oxygens (including phenoxy) is 1. The van der Waals surface area contributed by atoms with Gasteiger partial charge in [0, 0.05) is 12.8 Å². The molecule has 0 aliphatic rings. The first-order valence-electron chi connectivity index (χ1n) is 36.1. The van der Waals surface area contributed by atoms with Gasteiger partial charge in [0.1, 0.15) is 0 Å². The lowest BCUT2D eigenvalue weighted by molar-refractivity contribution is -0.143. The highest BCUT2D eigenvalue weighted by Crippen LogP contribution is 2.19. The Morgan fingerprint density at radius 1 is 0.342 bits per heavy atom. The third-order valence-electron chi connectivity index (χ3n) is 17.0. The van der Waals surface area contributed by atoms with Crippen molar-refractivity contribution in [2.75, 3.05) is 13.2 Å². The van der Waals surface area contributed by atoms with Crippen LogP contribution >= 0.6 is 0 Å². The second-order valence-corrected chi connectivity index (χ2v) is 24.9. The molecule has 0 saturated carbocycles. The van der Waals surface area contributed by atoms with Crippen LogP contribution in [0, 0.1) is 0 Å². The molecule has 6 nitrogen and oxygen atoms in total. The standard InChI is InChI=1S/C73H141NO5/c1-3-5-7-9-11-13-15-16-17-40-43-47-51-55-59-63-67-73(78)79-68-64-60-56-52-48-44-41-38-36-34-32-30-28-26-24-22-20-18-19-21-23-25-27-29-31-33-35-37-39-42-46-50-54-58-62-66-72(77)74-70(69-75)71(76)65-61-57-53-49-45-14-12-10-8-6-4-2/h17,20,22,40,70-71,75-76H,3-16,18-19,21,23-39,41-69H2,1-2H3,(H,74,77)/b22-20-,40-17-. The fraction of sp³-hybridized carbons (Fsp3) is 0.918. The molecule has 0 aliphatic heterocycles. The van der Waals surface area contributed by atoms with Crippen LogP contribution in [0.25, 0.3) is 0 Å². The molecule has 6 heteroatoms. The van der Waals surface area contributed by atoms with Gasteiger partial charge >= 0.3 is 5.97 Å². The van der Waals surface area contributed by atoms with Gasteiger partial charge in [0.05, 0.1) is 25.4 Å². The minimum Gasteiger partial charge on any atom is -0.466 e. The molecule has 0 rings (SSSR count). The highest BCUT2D eigenvalue weighted by atomic mass is 16.5. The van der Waals surface area contributed by atoms with Crippen molar-refractivity contribution in [1.82, 2.24) is 5.32 Å². The molecule has 0 aromatic heterocycles. The number of aliphatic hydroxyl groups excluding tert-OH is 2. The number of amides is 1. The lowest BCUT2D eigenvalue weighted by Crippen LogP contribution is -2.45. The van der Waals surface area contributed by atoms with E-state index in [2.05, 4.69) is 43.5 Å². The molecule has 79 heavy (non-hydrogen) atoms. The highest BCUT2D eigenvalue weighted by molar-refractivity contribution is 5.76. The smallest absolute Gasteiger partial charge is 0.305 e. The molecule has 0 aromatic rings. The number of esters is 1. The first-order chi connectivity index (χ1) is 39.0. The third kappa shape index (κ3) is 65.4. The van der Waals surface area contributed by atoms with Crippen LogP contribution in [0.4, 0.5) is 0 Å². The summed E-state index contributed by atoms with van der Waals surface area (Å²) >= 11 is 0. The Morgan fingerprint density at radius 3 is 0.899 bits per heavy atom. The number of hydrogen-bond donors (Lipinski definition) is 3. The summed E-state index contributed by atoms with van der Waals surface area (Å²) in [5, 5.41) is 23.2. The Labute approximate surface area is 494 Å². The number of aliphatic hydroxyl groups is 2. The maximum atomic E-state index is 12.5. The van der Waals surface area contributed by atoms with Crippen molar-refractivity contribution in [2.24, 2.45) is 0 Å². The summed E-state index contributed by atoms with van der Waals surface area (Å²) in [6.07, 6.45) is 86.8. The summed E-state index contributed by atoms with van der Waals surface area (Å²) in [6.45, 7) is 4.97. The van der Waals surface area contributed by atoms with E-state index >= 15 is 0 Å². The van der Waals surface area contributed by atoms with Gasteiger partial charge in [-0.15, -0.1) is 0 Å². The van der Waals surface area contributed by atoms with Crippen molar-refractivity contribution in [1.29, 1.82) is 0 Å². The summed E-state index contributed by atoms with van der Waals surface area (Å²) in [5.74, 6) is -0.0170. The van der Waals surface area contributed by atoms with Crippen LogP contribution in [0.2, 0.25) is 0 Å². The molecule has 2 atom stereocenters. The molecule has 2 unspecified atom stereocenters. The van der Waals surface area contributed by atoms with Crippen LogP contribution in [0.3, 0.4) is 0 Å². The second kappa shape index (κ2) is 68.8. The number of allylic oxidation sites excluding steroid dienone is 4. The topological polar surface area (TPSA) is 95.9 Å². The highest BCUT2D eigenvalue weighted by Gasteiger charge is 2.20. The SMILES string of the molecule is CCCCCCCCC/C=C\CCCCCCCC(=O)OCCCCCCCCCCCCCCCC/C=C\CCCCCCCCCCCCCCCCCCCC(=O)NC(CO)C(O)CCCCCCCCCCCCC. The van der Waals surface area contributed by atoms with E-state index in [1.54, 1.807) is 0 Å². The van der Waals surface area contributed by atoms with Crippen molar-refractivity contribution in [3.63, 3.8) is 0 Å². The molecule has 0 spiro atoms. The number of hydrogen-bond acceptors (Lipinski definition) is 5. The van der Waals surface area contributed by atoms with Crippen LogP contribution < -0.4 is 5.32 Å². The zero-order chi connectivity index (χ0) is 57.1. The van der Waals surface area contributed by atoms with Crippen molar-refractivity contribution in [2.45, 2.75) is 418 Å². The number of rotatable bonds is 68. The number of carbonyl (C=O) groups excluding carboxylic acids is 2. The fourth-order valence-corrected chi connectivity index (χ4v) is 11.5. The lowest BCUT2D eigenvalue weighted by atomic mass is 10.0. The molecule has 468 valence electrons. The molecule has 0 bridgehead atoms. The van der Waals surface area contributed by atoms with Gasteiger partial charge in [0.25, 0.3) is 0 Å². The van der Waals surface area contributed by atoms with Crippen molar-refractivity contribution < 1.29 is 24.5 Å². The van der Waals surface area contributed by atoms with Crippen LogP contribution in [0.15, 0.2) is 24.3 Å². The largest absolute Gasteiger partial charge is 0.466 e. The van der Waals surface area contributed by atoms with Gasteiger partial charge < -0.3 is 20.3 Å². The predicted octanol–water partition coefficient (Wildman–Crippen LogP) is 23.3. The molecule has 0 aliphatic carbocycles. The number of nitrogens with one attached hydrogen (secondary N) is 1. The van der Waals surface area contributed by atoms with Crippen molar-refractivity contribution in [3.05, 3.63) is 24.3 Å². The van der Waals surface area contributed by atoms with Crippen LogP contribution in [-0.2, 0) is 14.3 Å². The van der Waals surface area contributed by atoms with Gasteiger partial charge in [-0.25, -0.2) is 0 Å². The quantitative estimate of drug-likeness (QED) is 0.0320. The van der Waals surface area contributed by atoms with E-state index in [0.717, 1.165) is 44.9 Å². The second-order valence-electron chi connectivity index (χ2n) is 24.9. The number of unbranched alkanes of at least 4 members (excludes halogenated alkanes) is 53. The molecular formula is C73H141NO5. The lowest BCUT2D eigenvalue weighted by Gasteiger charge is -2.22. The summed E-state index contributed by atoms with van der Waals surface area (Å²) in [7, 11) is 0. The molecule has 0 saturated heterocycles. The Morgan fingerprint density at radius 2 is 0.595 bits per heavy atom. The first kappa shape index (κ1) is 77.3. The Kier molecular flexibility index (Phi) is 67.4. The minimum atomic E-state index is -0.660. The minimum absolute atomic E-state index is 0.0134. The zero-order valence-corrected chi connectivity index (χ0v) is 53.6. The maximum absolute atomic E-state index is 12.5. The van der Waals surface area contributed by atoms with Crippen LogP contribution in [-0.4, -0.2) is 47.4 Å². The average molecular weight is 1110 g/mol. The van der Waals surface area contributed by atoms with Gasteiger partial charge in [-0.05, 0) is 77.0 Å². The van der Waals surface area contributed by atoms with E-state index in [0.29, 0.717) is 25.9 Å². The summed E-state index contributed by atoms with van der Waals surface area (Å²) in [6, 6.07) is -0.537. The third-order valence-corrected chi connectivity index (χ3v) is 17.0. The van der Waals surface area contributed by atoms with Gasteiger partial charge in [-0.3, -0.25) is 9.59 Å². The Hall–Kier alpha value is -1.66. The molecule has 3 N–H and O–H groups in total. The van der Waals surface area contributed by atoms with Crippen molar-refractivity contribution in [3.8, 4) is 0 Å². The first-order valence-corrected chi connectivity index (χ1v) is 36.1. The predicted molar refractivity (Wildman–Crippen MR) is 347 cm³/mol. The van der Waals surface area contributed by atoms with E-state index in [-0.39, 0.29) is 18.5 Å². The fourth-order valence-electron chi connectivity index (χ4n) is 11.5. The van der Waals surface area contributed by atoms with Gasteiger partial charge in [-0.1, -0.05) is 340 Å². The van der Waals surface area contributed by atoms with E-state index in [4.69, 9.17) is 4.74 Å². The van der Waals surface area contributed by atoms with Crippen molar-refractivity contribution >= 4 is 11.9 Å². The molecule has 0 aromatic carbocycles. The molecular weight excluding hydrogens is 971 g/mol. The molecule has 0 fully saturated rings. The van der Waals surface area contributed by atoms with E-state index in [9.17, 15) is 19.8 Å². The van der Waals surface area contributed by atoms with Crippen LogP contribution in [0.1, 0.15) is 406 Å². The summed E-state index contributed by atoms with van der Waals surface area (Å²) in [5.41, 5.74) is 0. The Balaban J connectivity index is 3.31. The summed E-state index contributed by atoms with van der Waals surface area (Å²) < 4.78 is 5.50. The van der Waals surface area contributed by atoms with Gasteiger partial charge in [-0.2, -0.15) is 0 Å². The van der Waals surface area contributed by atoms with E-state index in [1.807, 2.05) is 0 Å². The Bertz CT molecular complexity index is 1230. The molecule has 0 heterocycles.